The van der Waals surface area contributed by atoms with Gasteiger partial charge in [-0.05, 0) is 38.3 Å². The molecule has 2 rings (SSSR count). The SMILES string of the molecule is CCOC(=O)NC(=O)COC(=O)CCCCc1nc2ccccc2s1. The Kier molecular flexibility index (Phi) is 7.34. The van der Waals surface area contributed by atoms with Gasteiger partial charge in [-0.2, -0.15) is 0 Å². The molecule has 0 aliphatic rings. The van der Waals surface area contributed by atoms with Crippen LogP contribution in [0.1, 0.15) is 31.2 Å². The number of fused-ring (bicyclic) bond motifs is 1. The number of amides is 2. The molecule has 1 aromatic heterocycles. The van der Waals surface area contributed by atoms with Gasteiger partial charge in [-0.25, -0.2) is 9.78 Å². The van der Waals surface area contributed by atoms with Gasteiger partial charge in [0.15, 0.2) is 6.61 Å². The number of carbonyl (C=O) groups is 3. The topological polar surface area (TPSA) is 94.6 Å². The van der Waals surface area contributed by atoms with Gasteiger partial charge in [0, 0.05) is 6.42 Å². The summed E-state index contributed by atoms with van der Waals surface area (Å²) in [7, 11) is 0. The Bertz CT molecular complexity index is 710. The van der Waals surface area contributed by atoms with Crippen LogP contribution in [0.4, 0.5) is 4.79 Å². The Labute approximate surface area is 149 Å². The highest BCUT2D eigenvalue weighted by Gasteiger charge is 2.11. The average Bonchev–Trinajstić information content (AvgIpc) is 3.00. The fourth-order valence-electron chi connectivity index (χ4n) is 2.11. The maximum atomic E-state index is 11.6. The first-order chi connectivity index (χ1) is 12.1. The zero-order valence-corrected chi connectivity index (χ0v) is 14.8. The number of thiazole rings is 1. The van der Waals surface area contributed by atoms with Gasteiger partial charge in [0.25, 0.3) is 5.91 Å². The van der Waals surface area contributed by atoms with Crippen LogP contribution in [-0.2, 0) is 25.5 Å². The molecule has 25 heavy (non-hydrogen) atoms. The van der Waals surface area contributed by atoms with Crippen molar-refractivity contribution >= 4 is 39.5 Å². The van der Waals surface area contributed by atoms with Crippen LogP contribution in [0.15, 0.2) is 24.3 Å². The number of rotatable bonds is 8. The predicted molar refractivity (Wildman–Crippen MR) is 93.3 cm³/mol. The molecule has 0 aliphatic carbocycles. The van der Waals surface area contributed by atoms with Crippen LogP contribution in [0.2, 0.25) is 0 Å². The van der Waals surface area contributed by atoms with Crippen molar-refractivity contribution in [3.63, 3.8) is 0 Å². The molecule has 0 bridgehead atoms. The van der Waals surface area contributed by atoms with E-state index in [0.29, 0.717) is 6.42 Å². The van der Waals surface area contributed by atoms with Gasteiger partial charge in [-0.3, -0.25) is 14.9 Å². The molecule has 1 aromatic carbocycles. The Morgan fingerprint density at radius 1 is 1.16 bits per heavy atom. The fraction of sp³-hybridized carbons (Fsp3) is 0.412. The zero-order chi connectivity index (χ0) is 18.1. The van der Waals surface area contributed by atoms with Crippen molar-refractivity contribution in [2.45, 2.75) is 32.6 Å². The molecule has 1 N–H and O–H groups in total. The summed E-state index contributed by atoms with van der Waals surface area (Å²) in [6.45, 7) is 1.29. The molecule has 8 heteroatoms. The largest absolute Gasteiger partial charge is 0.456 e. The molecule has 2 aromatic rings. The minimum atomic E-state index is -0.848. The summed E-state index contributed by atoms with van der Waals surface area (Å²) < 4.78 is 10.5. The van der Waals surface area contributed by atoms with E-state index in [4.69, 9.17) is 4.74 Å². The van der Waals surface area contributed by atoms with Gasteiger partial charge in [0.2, 0.25) is 0 Å². The van der Waals surface area contributed by atoms with Gasteiger partial charge in [-0.1, -0.05) is 12.1 Å². The highest BCUT2D eigenvalue weighted by molar-refractivity contribution is 7.18. The van der Waals surface area contributed by atoms with E-state index in [0.717, 1.165) is 28.1 Å². The highest BCUT2D eigenvalue weighted by Crippen LogP contribution is 2.22. The second-order valence-electron chi connectivity index (χ2n) is 5.21. The monoisotopic (exact) mass is 364 g/mol. The van der Waals surface area contributed by atoms with Crippen molar-refractivity contribution in [2.24, 2.45) is 0 Å². The summed E-state index contributed by atoms with van der Waals surface area (Å²) in [5.41, 5.74) is 0.995. The molecular formula is C17H20N2O5S. The Hall–Kier alpha value is -2.48. The number of para-hydroxylation sites is 1. The summed E-state index contributed by atoms with van der Waals surface area (Å²) in [5, 5.41) is 3.00. The van der Waals surface area contributed by atoms with Crippen molar-refractivity contribution in [1.82, 2.24) is 10.3 Å². The van der Waals surface area contributed by atoms with Crippen LogP contribution in [0.5, 0.6) is 0 Å². The number of hydrogen-bond acceptors (Lipinski definition) is 7. The lowest BCUT2D eigenvalue weighted by molar-refractivity contribution is -0.148. The lowest BCUT2D eigenvalue weighted by Gasteiger charge is -2.05. The van der Waals surface area contributed by atoms with Crippen molar-refractivity contribution in [3.8, 4) is 0 Å². The normalized spacial score (nSPS) is 10.4. The van der Waals surface area contributed by atoms with Gasteiger partial charge >= 0.3 is 12.1 Å². The molecule has 0 aliphatic heterocycles. The second kappa shape index (κ2) is 9.73. The van der Waals surface area contributed by atoms with Crippen LogP contribution < -0.4 is 5.32 Å². The van der Waals surface area contributed by atoms with Crippen LogP contribution in [0.3, 0.4) is 0 Å². The first kappa shape index (κ1) is 18.9. The van der Waals surface area contributed by atoms with Crippen molar-refractivity contribution in [3.05, 3.63) is 29.3 Å². The molecule has 7 nitrogen and oxygen atoms in total. The van der Waals surface area contributed by atoms with Gasteiger partial charge in [0.05, 0.1) is 21.8 Å². The Morgan fingerprint density at radius 2 is 1.96 bits per heavy atom. The number of aromatic nitrogens is 1. The van der Waals surface area contributed by atoms with Gasteiger partial charge < -0.3 is 9.47 Å². The maximum absolute atomic E-state index is 11.6. The second-order valence-corrected chi connectivity index (χ2v) is 6.33. The first-order valence-corrected chi connectivity index (χ1v) is 8.87. The summed E-state index contributed by atoms with van der Waals surface area (Å²) in [6.07, 6.45) is 1.63. The molecule has 2 amide bonds. The van der Waals surface area contributed by atoms with Crippen LogP contribution in [0, 0.1) is 0 Å². The van der Waals surface area contributed by atoms with E-state index in [2.05, 4.69) is 9.72 Å². The third-order valence-electron chi connectivity index (χ3n) is 3.24. The predicted octanol–water partition coefficient (Wildman–Crippen LogP) is 2.83. The van der Waals surface area contributed by atoms with E-state index in [9.17, 15) is 14.4 Å². The van der Waals surface area contributed by atoms with Crippen molar-refractivity contribution in [1.29, 1.82) is 0 Å². The standard InChI is InChI=1S/C17H20N2O5S/c1-2-23-17(22)19-14(20)11-24-16(21)10-6-5-9-15-18-12-7-3-4-8-13(12)25-15/h3-4,7-8H,2,5-6,9-11H2,1H3,(H,19,20,22). The number of esters is 1. The van der Waals surface area contributed by atoms with E-state index in [1.165, 1.54) is 0 Å². The van der Waals surface area contributed by atoms with E-state index >= 15 is 0 Å². The number of unbranched alkanes of at least 4 members (excludes halogenated alkanes) is 1. The van der Waals surface area contributed by atoms with Crippen LogP contribution in [-0.4, -0.2) is 36.2 Å². The van der Waals surface area contributed by atoms with Crippen molar-refractivity contribution < 1.29 is 23.9 Å². The minimum absolute atomic E-state index is 0.160. The molecule has 134 valence electrons. The van der Waals surface area contributed by atoms with E-state index in [1.54, 1.807) is 18.3 Å². The maximum Gasteiger partial charge on any atom is 0.413 e. The van der Waals surface area contributed by atoms with Crippen LogP contribution >= 0.6 is 11.3 Å². The average molecular weight is 364 g/mol. The Morgan fingerprint density at radius 3 is 2.72 bits per heavy atom. The molecule has 0 radical (unpaired) electrons. The zero-order valence-electron chi connectivity index (χ0n) is 13.9. The molecule has 0 saturated carbocycles. The quantitative estimate of drug-likeness (QED) is 0.572. The summed E-state index contributed by atoms with van der Waals surface area (Å²) in [4.78, 5) is 38.5. The number of ether oxygens (including phenoxy) is 2. The number of imide groups is 1. The molecule has 1 heterocycles. The Balaban J connectivity index is 1.60. The lowest BCUT2D eigenvalue weighted by Crippen LogP contribution is -2.34. The number of alkyl carbamates (subject to hydrolysis) is 1. The van der Waals surface area contributed by atoms with Gasteiger partial charge in [0.1, 0.15) is 0 Å². The molecule has 0 spiro atoms. The molecule has 0 fully saturated rings. The number of benzene rings is 1. The third-order valence-corrected chi connectivity index (χ3v) is 4.34. The van der Waals surface area contributed by atoms with Crippen molar-refractivity contribution in [2.75, 3.05) is 13.2 Å². The summed E-state index contributed by atoms with van der Waals surface area (Å²) in [5.74, 6) is -1.18. The number of nitrogens with zero attached hydrogens (tertiary/aromatic N) is 1. The molecule has 0 saturated heterocycles. The van der Waals surface area contributed by atoms with Gasteiger partial charge in [-0.15, -0.1) is 11.3 Å². The highest BCUT2D eigenvalue weighted by atomic mass is 32.1. The number of carbonyl (C=O) groups excluding carboxylic acids is 3. The van der Waals surface area contributed by atoms with E-state index in [1.807, 2.05) is 29.6 Å². The lowest BCUT2D eigenvalue weighted by atomic mass is 10.2. The summed E-state index contributed by atoms with van der Waals surface area (Å²) >= 11 is 1.66. The molecule has 0 unspecified atom stereocenters. The fourth-order valence-corrected chi connectivity index (χ4v) is 3.12. The number of hydrogen-bond donors (Lipinski definition) is 1. The van der Waals surface area contributed by atoms with E-state index in [-0.39, 0.29) is 13.0 Å². The first-order valence-electron chi connectivity index (χ1n) is 8.05. The minimum Gasteiger partial charge on any atom is -0.456 e. The van der Waals surface area contributed by atoms with Crippen LogP contribution in [0.25, 0.3) is 10.2 Å². The third kappa shape index (κ3) is 6.50. The number of aryl methyl sites for hydroxylation is 1. The van der Waals surface area contributed by atoms with E-state index < -0.39 is 24.6 Å². The molecule has 0 atom stereocenters. The molecular weight excluding hydrogens is 344 g/mol. The summed E-state index contributed by atoms with van der Waals surface area (Å²) in [6, 6.07) is 7.96. The smallest absolute Gasteiger partial charge is 0.413 e. The number of nitrogens with one attached hydrogen (secondary N) is 1.